The summed E-state index contributed by atoms with van der Waals surface area (Å²) in [7, 11) is -5.14. The van der Waals surface area contributed by atoms with Gasteiger partial charge >= 0.3 is 0 Å². The van der Waals surface area contributed by atoms with Gasteiger partial charge in [0.2, 0.25) is 0 Å². The summed E-state index contributed by atoms with van der Waals surface area (Å²) in [6, 6.07) is 8.28. The molecule has 0 unspecified atom stereocenters. The number of nitrogens with zero attached hydrogens (tertiary/aromatic N) is 4. The lowest BCUT2D eigenvalue weighted by atomic mass is 10.0. The zero-order valence-corrected chi connectivity index (χ0v) is 24.9. The maximum absolute atomic E-state index is 15.0. The van der Waals surface area contributed by atoms with Crippen molar-refractivity contribution in [2.24, 2.45) is 5.14 Å². The van der Waals surface area contributed by atoms with E-state index in [2.05, 4.69) is 29.9 Å². The van der Waals surface area contributed by atoms with Gasteiger partial charge in [0, 0.05) is 44.6 Å². The Morgan fingerprint density at radius 3 is 2.37 bits per heavy atom. The van der Waals surface area contributed by atoms with Gasteiger partial charge in [-0.25, -0.2) is 28.0 Å². The molecule has 1 saturated heterocycles. The van der Waals surface area contributed by atoms with Crippen LogP contribution in [0.25, 0.3) is 33.1 Å². The van der Waals surface area contributed by atoms with Crippen LogP contribution in [0.3, 0.4) is 0 Å². The van der Waals surface area contributed by atoms with Gasteiger partial charge in [0.05, 0.1) is 11.3 Å². The van der Waals surface area contributed by atoms with E-state index in [9.17, 15) is 21.6 Å². The highest BCUT2D eigenvalue weighted by molar-refractivity contribution is 7.86. The maximum Gasteiger partial charge on any atom is 0.276 e. The Morgan fingerprint density at radius 2 is 1.73 bits per heavy atom. The zero-order valence-electron chi connectivity index (χ0n) is 23.1. The monoisotopic (exact) mass is 606 g/mol. The number of nitrogens with two attached hydrogens (primary N) is 1. The summed E-state index contributed by atoms with van der Waals surface area (Å²) >= 11 is 0. The number of aromatic nitrogens is 3. The molecule has 0 spiro atoms. The van der Waals surface area contributed by atoms with Crippen LogP contribution in [0.1, 0.15) is 12.8 Å². The normalized spacial score (nSPS) is 15.7. The number of fused-ring (bicyclic) bond motifs is 3. The molecular weight excluding hydrogens is 573 g/mol. The molecular formula is C27H33F3N6O3SSi. The molecule has 1 fully saturated rings. The van der Waals surface area contributed by atoms with E-state index in [1.54, 1.807) is 4.68 Å². The summed E-state index contributed by atoms with van der Waals surface area (Å²) in [6.45, 7) is 7.83. The largest absolute Gasteiger partial charge is 0.366 e. The van der Waals surface area contributed by atoms with Gasteiger partial charge in [-0.1, -0.05) is 25.7 Å². The number of halogens is 3. The minimum Gasteiger partial charge on any atom is -0.366 e. The molecule has 1 aliphatic heterocycles. The Hall–Kier alpha value is -3.04. The van der Waals surface area contributed by atoms with Crippen LogP contribution in [-0.2, 0) is 21.7 Å². The van der Waals surface area contributed by atoms with E-state index >= 15 is 0 Å². The van der Waals surface area contributed by atoms with Gasteiger partial charge in [-0.15, -0.1) is 0 Å². The van der Waals surface area contributed by atoms with Crippen LogP contribution in [0.4, 0.5) is 19.0 Å². The molecule has 0 saturated carbocycles. The molecule has 220 valence electrons. The second-order valence-corrected chi connectivity index (χ2v) is 18.7. The number of hydrogen-bond acceptors (Lipinski definition) is 6. The molecule has 3 heterocycles. The Labute approximate surface area is 237 Å². The molecule has 1 aliphatic rings. The first-order valence-electron chi connectivity index (χ1n) is 13.4. The third kappa shape index (κ3) is 6.41. The first-order valence-corrected chi connectivity index (χ1v) is 18.6. The second kappa shape index (κ2) is 11.3. The van der Waals surface area contributed by atoms with Crippen molar-refractivity contribution in [2.75, 3.05) is 25.0 Å². The van der Waals surface area contributed by atoms with Crippen LogP contribution in [0.15, 0.2) is 36.4 Å². The van der Waals surface area contributed by atoms with E-state index in [4.69, 9.17) is 15.0 Å². The Bertz CT molecular complexity index is 1680. The fourth-order valence-corrected chi connectivity index (χ4v) is 6.44. The summed E-state index contributed by atoms with van der Waals surface area (Å²) in [5.74, 6) is -1.76. The zero-order chi connectivity index (χ0) is 29.5. The molecule has 2 aromatic carbocycles. The van der Waals surface area contributed by atoms with Crippen molar-refractivity contribution in [3.05, 3.63) is 53.8 Å². The Morgan fingerprint density at radius 1 is 1.05 bits per heavy atom. The third-order valence-corrected chi connectivity index (χ3v) is 10.00. The molecule has 2 aromatic heterocycles. The van der Waals surface area contributed by atoms with E-state index in [0.29, 0.717) is 41.7 Å². The molecule has 3 N–H and O–H groups in total. The second-order valence-electron chi connectivity index (χ2n) is 11.5. The van der Waals surface area contributed by atoms with Gasteiger partial charge in [0.25, 0.3) is 10.2 Å². The minimum absolute atomic E-state index is 0.0473. The van der Waals surface area contributed by atoms with E-state index in [1.165, 1.54) is 28.6 Å². The molecule has 5 rings (SSSR count). The molecule has 0 amide bonds. The maximum atomic E-state index is 15.0. The average Bonchev–Trinajstić information content (AvgIpc) is 3.22. The van der Waals surface area contributed by atoms with E-state index in [1.807, 2.05) is 0 Å². The summed E-state index contributed by atoms with van der Waals surface area (Å²) in [5.41, 5.74) is 0.341. The van der Waals surface area contributed by atoms with Crippen LogP contribution in [0.2, 0.25) is 25.7 Å². The lowest BCUT2D eigenvalue weighted by Crippen LogP contribution is -2.45. The fourth-order valence-electron chi connectivity index (χ4n) is 4.96. The lowest BCUT2D eigenvalue weighted by molar-refractivity contribution is 0.0803. The van der Waals surface area contributed by atoms with Gasteiger partial charge in [-0.2, -0.15) is 17.8 Å². The summed E-state index contributed by atoms with van der Waals surface area (Å²) < 4.78 is 76.8. The quantitative estimate of drug-likeness (QED) is 0.203. The molecule has 41 heavy (non-hydrogen) atoms. The predicted octanol–water partition coefficient (Wildman–Crippen LogP) is 5.06. The van der Waals surface area contributed by atoms with Gasteiger partial charge in [0.15, 0.2) is 5.82 Å². The van der Waals surface area contributed by atoms with Crippen LogP contribution in [0, 0.1) is 17.5 Å². The summed E-state index contributed by atoms with van der Waals surface area (Å²) in [4.78, 5) is 4.68. The smallest absolute Gasteiger partial charge is 0.276 e. The van der Waals surface area contributed by atoms with Crippen molar-refractivity contribution in [3.63, 3.8) is 0 Å². The van der Waals surface area contributed by atoms with Crippen molar-refractivity contribution in [1.82, 2.24) is 19.1 Å². The number of nitrogens with one attached hydrogen (secondary N) is 1. The minimum atomic E-state index is -3.80. The van der Waals surface area contributed by atoms with E-state index in [-0.39, 0.29) is 42.5 Å². The van der Waals surface area contributed by atoms with Crippen molar-refractivity contribution in [2.45, 2.75) is 51.3 Å². The third-order valence-electron chi connectivity index (χ3n) is 7.21. The van der Waals surface area contributed by atoms with Gasteiger partial charge < -0.3 is 10.1 Å². The number of rotatable bonds is 9. The topological polar surface area (TPSA) is 115 Å². The van der Waals surface area contributed by atoms with E-state index in [0.717, 1.165) is 18.2 Å². The molecule has 9 nitrogen and oxygen atoms in total. The molecule has 0 bridgehead atoms. The molecule has 4 aromatic rings. The van der Waals surface area contributed by atoms with Crippen molar-refractivity contribution in [1.29, 1.82) is 0 Å². The molecule has 0 atom stereocenters. The SMILES string of the molecule is C[Si](C)(C)CCOCn1nc2c(nc(-c3c(F)cccc3F)c3cc(F)ccc32)c1NC1CCN(S(N)(=O)=O)CC1. The van der Waals surface area contributed by atoms with Crippen LogP contribution < -0.4 is 10.5 Å². The number of hydrogen-bond donors (Lipinski definition) is 2. The van der Waals surface area contributed by atoms with Crippen LogP contribution in [0.5, 0.6) is 0 Å². The van der Waals surface area contributed by atoms with E-state index < -0.39 is 35.7 Å². The Balaban J connectivity index is 1.62. The highest BCUT2D eigenvalue weighted by Gasteiger charge is 2.28. The molecule has 14 heteroatoms. The number of pyridine rings is 1. The lowest BCUT2D eigenvalue weighted by Gasteiger charge is -2.30. The van der Waals surface area contributed by atoms with Gasteiger partial charge in [0.1, 0.15) is 35.2 Å². The fraction of sp³-hybridized carbons (Fsp3) is 0.407. The van der Waals surface area contributed by atoms with Crippen LogP contribution in [-0.4, -0.2) is 61.3 Å². The van der Waals surface area contributed by atoms with Crippen molar-refractivity contribution in [3.8, 4) is 11.3 Å². The van der Waals surface area contributed by atoms with Gasteiger partial charge in [-0.3, -0.25) is 0 Å². The number of anilines is 1. The Kier molecular flexibility index (Phi) is 8.13. The summed E-state index contributed by atoms with van der Waals surface area (Å²) in [6.07, 6.45) is 0.931. The highest BCUT2D eigenvalue weighted by atomic mass is 32.2. The summed E-state index contributed by atoms with van der Waals surface area (Å²) in [5, 5.41) is 14.2. The predicted molar refractivity (Wildman–Crippen MR) is 156 cm³/mol. The number of ether oxygens (including phenoxy) is 1. The molecule has 0 radical (unpaired) electrons. The average molecular weight is 607 g/mol. The molecule has 0 aliphatic carbocycles. The first kappa shape index (κ1) is 29.4. The van der Waals surface area contributed by atoms with Gasteiger partial charge in [-0.05, 0) is 49.2 Å². The highest BCUT2D eigenvalue weighted by Crippen LogP contribution is 2.37. The van der Waals surface area contributed by atoms with Crippen molar-refractivity contribution < 1.29 is 26.3 Å². The van der Waals surface area contributed by atoms with Crippen LogP contribution >= 0.6 is 0 Å². The number of piperidine rings is 1. The standard InChI is InChI=1S/C27H33F3N6O3SSi/c1-41(2,3)14-13-39-16-36-27(32-18-9-11-35(12-10-18)40(31,37)38)26-25(34-36)19-8-7-17(28)15-20(19)24(33-26)23-21(29)5-4-6-22(23)30/h4-8,15,18,32H,9-14,16H2,1-3H3,(H2,31,37,38). The van der Waals surface area contributed by atoms with Crippen molar-refractivity contribution >= 4 is 45.9 Å². The number of benzene rings is 2. The first-order chi connectivity index (χ1) is 19.3.